The third kappa shape index (κ3) is 4.61. The summed E-state index contributed by atoms with van der Waals surface area (Å²) in [5, 5.41) is 0.569. The van der Waals surface area contributed by atoms with Crippen LogP contribution in [0.4, 0.5) is 0 Å². The molecule has 5 aromatic rings. The quantitative estimate of drug-likeness (QED) is 0.254. The maximum atomic E-state index is 14.0. The average Bonchev–Trinajstić information content (AvgIpc) is 3.24. The number of fused-ring (bicyclic) bond motifs is 1. The first-order valence-electron chi connectivity index (χ1n) is 11.6. The maximum Gasteiger partial charge on any atom is 0.282 e. The Hall–Kier alpha value is -4.01. The van der Waals surface area contributed by atoms with Crippen LogP contribution in [0.5, 0.6) is 0 Å². The first-order chi connectivity index (χ1) is 17.7. The van der Waals surface area contributed by atoms with Crippen LogP contribution < -0.4 is 0 Å². The highest BCUT2D eigenvalue weighted by atomic mass is 32.2. The Balaban J connectivity index is 1.80. The number of aryl methyl sites for hydroxylation is 2. The fourth-order valence-electron chi connectivity index (χ4n) is 4.19. The molecule has 0 saturated carbocycles. The van der Waals surface area contributed by atoms with Crippen LogP contribution >= 0.6 is 0 Å². The lowest BCUT2D eigenvalue weighted by Gasteiger charge is -2.13. The van der Waals surface area contributed by atoms with E-state index in [1.807, 2.05) is 19.9 Å². The van der Waals surface area contributed by atoms with Crippen molar-refractivity contribution in [3.05, 3.63) is 120 Å². The molecule has 0 radical (unpaired) electrons. The molecule has 0 aliphatic rings. The smallest absolute Gasteiger partial charge is 0.233 e. The van der Waals surface area contributed by atoms with Crippen molar-refractivity contribution in [3.63, 3.8) is 0 Å². The van der Waals surface area contributed by atoms with Gasteiger partial charge in [0.15, 0.2) is 0 Å². The third-order valence-electron chi connectivity index (χ3n) is 6.12. The van der Waals surface area contributed by atoms with Crippen molar-refractivity contribution in [3.8, 4) is 11.3 Å². The molecule has 0 spiro atoms. The number of para-hydroxylation sites is 1. The molecule has 0 bridgehead atoms. The molecule has 5 rings (SSSR count). The summed E-state index contributed by atoms with van der Waals surface area (Å²) in [4.78, 5) is 0.193. The normalized spacial score (nSPS) is 12.4. The van der Waals surface area contributed by atoms with E-state index in [-0.39, 0.29) is 9.79 Å². The lowest BCUT2D eigenvalue weighted by Crippen LogP contribution is -2.14. The zero-order valence-corrected chi connectivity index (χ0v) is 21.9. The monoisotopic (exact) mass is 528 g/mol. The summed E-state index contributed by atoms with van der Waals surface area (Å²) in [6, 6.07) is 29.1. The summed E-state index contributed by atoms with van der Waals surface area (Å²) < 4.78 is 59.4. The SMILES string of the molecule is Cc1ccc(S(=O)(=O)/N=C/c2c(-c3ccccc3)n(S(=O)(=O)c3ccc(C)cc3)c3ccccc23)cc1. The molecule has 0 N–H and O–H groups in total. The van der Waals surface area contributed by atoms with Crippen LogP contribution in [-0.4, -0.2) is 27.0 Å². The molecular formula is C29H24N2O4S2. The van der Waals surface area contributed by atoms with Gasteiger partial charge in [0.05, 0.1) is 27.2 Å². The molecule has 6 nitrogen and oxygen atoms in total. The minimum absolute atomic E-state index is 0.0617. The van der Waals surface area contributed by atoms with Crippen LogP contribution in [0.15, 0.2) is 117 Å². The molecule has 1 aromatic heterocycles. The van der Waals surface area contributed by atoms with Gasteiger partial charge in [0.1, 0.15) is 0 Å². The Morgan fingerprint density at radius 3 is 1.81 bits per heavy atom. The van der Waals surface area contributed by atoms with Crippen molar-refractivity contribution >= 4 is 37.2 Å². The van der Waals surface area contributed by atoms with Crippen molar-refractivity contribution in [1.82, 2.24) is 3.97 Å². The minimum Gasteiger partial charge on any atom is -0.233 e. The number of sulfonamides is 1. The Labute approximate surface area is 216 Å². The van der Waals surface area contributed by atoms with Gasteiger partial charge in [0.25, 0.3) is 20.0 Å². The summed E-state index contributed by atoms with van der Waals surface area (Å²) in [5.41, 5.74) is 3.64. The highest BCUT2D eigenvalue weighted by molar-refractivity contribution is 7.90. The molecule has 37 heavy (non-hydrogen) atoms. The van der Waals surface area contributed by atoms with Crippen molar-refractivity contribution in [1.29, 1.82) is 0 Å². The summed E-state index contributed by atoms with van der Waals surface area (Å²) >= 11 is 0. The molecule has 4 aromatic carbocycles. The van der Waals surface area contributed by atoms with E-state index in [2.05, 4.69) is 4.40 Å². The molecule has 8 heteroatoms. The Morgan fingerprint density at radius 2 is 1.19 bits per heavy atom. The highest BCUT2D eigenvalue weighted by Gasteiger charge is 2.27. The number of hydrogen-bond donors (Lipinski definition) is 0. The average molecular weight is 529 g/mol. The molecule has 0 amide bonds. The van der Waals surface area contributed by atoms with Gasteiger partial charge in [0, 0.05) is 10.9 Å². The van der Waals surface area contributed by atoms with Crippen LogP contribution in [0.1, 0.15) is 16.7 Å². The lowest BCUT2D eigenvalue weighted by atomic mass is 10.1. The van der Waals surface area contributed by atoms with E-state index >= 15 is 0 Å². The van der Waals surface area contributed by atoms with Gasteiger partial charge in [-0.2, -0.15) is 12.8 Å². The third-order valence-corrected chi connectivity index (χ3v) is 9.10. The zero-order chi connectivity index (χ0) is 26.2. The van der Waals surface area contributed by atoms with E-state index in [1.54, 1.807) is 84.9 Å². The predicted molar refractivity (Wildman–Crippen MR) is 147 cm³/mol. The largest absolute Gasteiger partial charge is 0.282 e. The second-order valence-electron chi connectivity index (χ2n) is 8.75. The second kappa shape index (κ2) is 9.46. The standard InChI is InChI=1S/C29H24N2O4S2/c1-21-12-16-24(17-13-21)36(32,33)30-20-27-26-10-6-7-11-28(26)31(29(27)23-8-4-3-5-9-23)37(34,35)25-18-14-22(2)15-19-25/h3-20H,1-2H3/b30-20+. The number of hydrogen-bond acceptors (Lipinski definition) is 4. The van der Waals surface area contributed by atoms with Crippen molar-refractivity contribution in [2.24, 2.45) is 4.40 Å². The van der Waals surface area contributed by atoms with Gasteiger partial charge in [-0.05, 0) is 49.7 Å². The van der Waals surface area contributed by atoms with E-state index in [1.165, 1.54) is 22.3 Å². The number of benzene rings is 4. The molecule has 0 fully saturated rings. The van der Waals surface area contributed by atoms with E-state index < -0.39 is 20.0 Å². The van der Waals surface area contributed by atoms with Gasteiger partial charge in [-0.3, -0.25) is 0 Å². The van der Waals surface area contributed by atoms with Crippen molar-refractivity contribution in [2.75, 3.05) is 0 Å². The summed E-state index contributed by atoms with van der Waals surface area (Å²) in [7, 11) is -8.06. The molecule has 0 atom stereocenters. The molecule has 0 aliphatic heterocycles. The summed E-state index contributed by atoms with van der Waals surface area (Å²) in [6.45, 7) is 3.76. The fourth-order valence-corrected chi connectivity index (χ4v) is 6.59. The van der Waals surface area contributed by atoms with Gasteiger partial charge in [-0.25, -0.2) is 12.4 Å². The van der Waals surface area contributed by atoms with E-state index in [0.29, 0.717) is 27.7 Å². The van der Waals surface area contributed by atoms with Crippen LogP contribution in [0.2, 0.25) is 0 Å². The fraction of sp³-hybridized carbons (Fsp3) is 0.0690. The van der Waals surface area contributed by atoms with Crippen molar-refractivity contribution in [2.45, 2.75) is 23.6 Å². The van der Waals surface area contributed by atoms with E-state index in [0.717, 1.165) is 11.1 Å². The molecule has 1 heterocycles. The van der Waals surface area contributed by atoms with E-state index in [9.17, 15) is 16.8 Å². The second-order valence-corrected chi connectivity index (χ2v) is 12.2. The van der Waals surface area contributed by atoms with Gasteiger partial charge in [-0.15, -0.1) is 0 Å². The molecule has 186 valence electrons. The van der Waals surface area contributed by atoms with Gasteiger partial charge in [0.2, 0.25) is 0 Å². The first-order valence-corrected chi connectivity index (χ1v) is 14.4. The summed E-state index contributed by atoms with van der Waals surface area (Å²) in [6.07, 6.45) is 1.25. The van der Waals surface area contributed by atoms with Gasteiger partial charge in [-0.1, -0.05) is 83.9 Å². The van der Waals surface area contributed by atoms with Crippen LogP contribution in [-0.2, 0) is 20.0 Å². The van der Waals surface area contributed by atoms with Crippen LogP contribution in [0.3, 0.4) is 0 Å². The van der Waals surface area contributed by atoms with Crippen LogP contribution in [0.25, 0.3) is 22.2 Å². The van der Waals surface area contributed by atoms with Gasteiger partial charge < -0.3 is 0 Å². The van der Waals surface area contributed by atoms with Crippen molar-refractivity contribution < 1.29 is 16.8 Å². The maximum absolute atomic E-state index is 14.0. The minimum atomic E-state index is -4.05. The molecule has 0 saturated heterocycles. The van der Waals surface area contributed by atoms with E-state index in [4.69, 9.17) is 0 Å². The zero-order valence-electron chi connectivity index (χ0n) is 20.2. The Bertz CT molecular complexity index is 1840. The number of nitrogens with zero attached hydrogens (tertiary/aromatic N) is 2. The molecular weight excluding hydrogens is 504 g/mol. The number of aromatic nitrogens is 1. The molecule has 0 unspecified atom stereocenters. The Morgan fingerprint density at radius 1 is 0.649 bits per heavy atom. The topological polar surface area (TPSA) is 85.6 Å². The van der Waals surface area contributed by atoms with Crippen LogP contribution in [0, 0.1) is 13.8 Å². The number of rotatable bonds is 6. The predicted octanol–water partition coefficient (Wildman–Crippen LogP) is 5.97. The van der Waals surface area contributed by atoms with Gasteiger partial charge >= 0.3 is 0 Å². The first kappa shape index (κ1) is 24.7. The Kier molecular flexibility index (Phi) is 6.31. The summed E-state index contributed by atoms with van der Waals surface area (Å²) in [5.74, 6) is 0. The molecule has 0 aliphatic carbocycles. The lowest BCUT2D eigenvalue weighted by molar-refractivity contribution is 0.589. The highest BCUT2D eigenvalue weighted by Crippen LogP contribution is 2.36.